The van der Waals surface area contributed by atoms with Crippen molar-refractivity contribution in [3.63, 3.8) is 0 Å². The molecule has 232 valence electrons. The van der Waals surface area contributed by atoms with Crippen LogP contribution in [-0.2, 0) is 0 Å². The van der Waals surface area contributed by atoms with Crippen LogP contribution in [0, 0.1) is 0 Å². The molecule has 10 aromatic rings. The van der Waals surface area contributed by atoms with Crippen LogP contribution in [0.1, 0.15) is 0 Å². The summed E-state index contributed by atoms with van der Waals surface area (Å²) in [5.74, 6) is 0. The summed E-state index contributed by atoms with van der Waals surface area (Å²) in [6.45, 7) is 0. The summed E-state index contributed by atoms with van der Waals surface area (Å²) in [4.78, 5) is 27.9. The summed E-state index contributed by atoms with van der Waals surface area (Å²) in [5, 5.41) is 6.68. The zero-order valence-electron chi connectivity index (χ0n) is 26.7. The van der Waals surface area contributed by atoms with Gasteiger partial charge in [0, 0.05) is 45.1 Å². The fourth-order valence-corrected chi connectivity index (χ4v) is 6.80. The van der Waals surface area contributed by atoms with Crippen molar-refractivity contribution in [3.05, 3.63) is 158 Å². The van der Waals surface area contributed by atoms with E-state index in [-0.39, 0.29) is 0 Å². The van der Waals surface area contributed by atoms with Gasteiger partial charge in [0.05, 0.1) is 44.8 Å². The molecule has 0 fully saturated rings. The quantitative estimate of drug-likeness (QED) is 0.179. The van der Waals surface area contributed by atoms with Crippen molar-refractivity contribution in [2.75, 3.05) is 0 Å². The van der Waals surface area contributed by atoms with Crippen molar-refractivity contribution in [2.45, 2.75) is 0 Å². The van der Waals surface area contributed by atoms with Crippen molar-refractivity contribution < 1.29 is 0 Å². The van der Waals surface area contributed by atoms with Crippen LogP contribution < -0.4 is 0 Å². The van der Waals surface area contributed by atoms with Crippen LogP contribution in [-0.4, -0.2) is 29.9 Å². The van der Waals surface area contributed by atoms with Crippen molar-refractivity contribution >= 4 is 54.4 Å². The third-order valence-electron chi connectivity index (χ3n) is 9.42. The van der Waals surface area contributed by atoms with E-state index in [0.717, 1.165) is 99.4 Å². The van der Waals surface area contributed by atoms with Gasteiger partial charge in [0.25, 0.3) is 0 Å². The van der Waals surface area contributed by atoms with Crippen LogP contribution in [0.4, 0.5) is 0 Å². The van der Waals surface area contributed by atoms with Crippen molar-refractivity contribution in [1.82, 2.24) is 29.9 Å². The van der Waals surface area contributed by atoms with Gasteiger partial charge < -0.3 is 0 Å². The van der Waals surface area contributed by atoms with Crippen LogP contribution in [0.5, 0.6) is 0 Å². The number of pyridine rings is 4. The minimum absolute atomic E-state index is 0.812. The topological polar surface area (TPSA) is 77.3 Å². The van der Waals surface area contributed by atoms with Crippen LogP contribution in [0.3, 0.4) is 0 Å². The maximum Gasteiger partial charge on any atom is 0.116 e. The molecule has 10 rings (SSSR count). The number of benzene rings is 5. The molecule has 0 saturated heterocycles. The van der Waals surface area contributed by atoms with Gasteiger partial charge in [-0.3, -0.25) is 4.98 Å². The highest BCUT2D eigenvalue weighted by molar-refractivity contribution is 6.03. The molecular weight excluding hydrogens is 613 g/mol. The third kappa shape index (κ3) is 4.90. The molecule has 5 aromatic heterocycles. The first-order chi connectivity index (χ1) is 24.7. The van der Waals surface area contributed by atoms with E-state index in [1.54, 1.807) is 12.5 Å². The molecule has 0 unspecified atom stereocenters. The summed E-state index contributed by atoms with van der Waals surface area (Å²) in [7, 11) is 0. The monoisotopic (exact) mass is 638 g/mol. The standard InChI is InChI=1S/C44H26N6/c1-2-27-3-4-28-9-14-40(50-44(28)43(27)46-20-1)34-8-6-29-22-33(7-5-30(29)23-34)38-17-12-35-24-31(10-15-37(35)48-38)32-11-16-39-36(25-32)13-18-42(49-39)41-19-21-45-26-47-41/h1-26H. The number of aromatic nitrogens is 6. The van der Waals surface area contributed by atoms with Gasteiger partial charge in [0.2, 0.25) is 0 Å². The average Bonchev–Trinajstić information content (AvgIpc) is 3.19. The maximum absolute atomic E-state index is 5.06. The molecule has 0 aliphatic rings. The lowest BCUT2D eigenvalue weighted by atomic mass is 9.99. The second-order valence-corrected chi connectivity index (χ2v) is 12.5. The Balaban J connectivity index is 0.937. The Morgan fingerprint density at radius 1 is 0.320 bits per heavy atom. The third-order valence-corrected chi connectivity index (χ3v) is 9.42. The molecule has 0 amide bonds. The molecule has 6 nitrogen and oxygen atoms in total. The summed E-state index contributed by atoms with van der Waals surface area (Å²) in [6, 6.07) is 48.6. The predicted molar refractivity (Wildman–Crippen MR) is 202 cm³/mol. The van der Waals surface area contributed by atoms with Crippen molar-refractivity contribution in [2.24, 2.45) is 0 Å². The SMILES string of the molecule is c1cnc2c(c1)ccc1ccc(-c3ccc4cc(-c5ccc6cc(-c7ccc8nc(-c9ccncn9)ccc8c7)ccc6n5)ccc4c3)nc12. The number of hydrogen-bond acceptors (Lipinski definition) is 6. The Morgan fingerprint density at radius 2 is 0.860 bits per heavy atom. The molecule has 0 saturated carbocycles. The second kappa shape index (κ2) is 11.4. The van der Waals surface area contributed by atoms with Gasteiger partial charge >= 0.3 is 0 Å². The van der Waals surface area contributed by atoms with Crippen LogP contribution in [0.25, 0.3) is 99.4 Å². The van der Waals surface area contributed by atoms with E-state index in [0.29, 0.717) is 0 Å². The summed E-state index contributed by atoms with van der Waals surface area (Å²) < 4.78 is 0. The summed E-state index contributed by atoms with van der Waals surface area (Å²) >= 11 is 0. The molecule has 5 heterocycles. The molecule has 6 heteroatoms. The molecule has 0 atom stereocenters. The average molecular weight is 639 g/mol. The van der Waals surface area contributed by atoms with Gasteiger partial charge in [0.15, 0.2) is 0 Å². The van der Waals surface area contributed by atoms with E-state index < -0.39 is 0 Å². The van der Waals surface area contributed by atoms with E-state index in [1.807, 2.05) is 24.4 Å². The fourth-order valence-electron chi connectivity index (χ4n) is 6.80. The van der Waals surface area contributed by atoms with Gasteiger partial charge in [-0.2, -0.15) is 0 Å². The van der Waals surface area contributed by atoms with Gasteiger partial charge in [-0.15, -0.1) is 0 Å². The van der Waals surface area contributed by atoms with E-state index in [1.165, 1.54) is 0 Å². The number of rotatable bonds is 4. The van der Waals surface area contributed by atoms with Gasteiger partial charge in [-0.05, 0) is 88.6 Å². The van der Waals surface area contributed by atoms with Crippen molar-refractivity contribution in [3.8, 4) is 45.0 Å². The highest BCUT2D eigenvalue weighted by atomic mass is 14.8. The molecule has 0 N–H and O–H groups in total. The zero-order valence-corrected chi connectivity index (χ0v) is 26.7. The largest absolute Gasteiger partial charge is 0.254 e. The lowest BCUT2D eigenvalue weighted by Crippen LogP contribution is -1.90. The minimum atomic E-state index is 0.812. The van der Waals surface area contributed by atoms with Crippen LogP contribution >= 0.6 is 0 Å². The lowest BCUT2D eigenvalue weighted by Gasteiger charge is -2.09. The first-order valence-corrected chi connectivity index (χ1v) is 16.5. The predicted octanol–water partition coefficient (Wildman–Crippen LogP) is 10.5. The highest BCUT2D eigenvalue weighted by Crippen LogP contribution is 2.32. The first-order valence-electron chi connectivity index (χ1n) is 16.5. The Kier molecular flexibility index (Phi) is 6.39. The van der Waals surface area contributed by atoms with E-state index in [9.17, 15) is 0 Å². The molecule has 0 spiro atoms. The number of hydrogen-bond donors (Lipinski definition) is 0. The molecule has 50 heavy (non-hydrogen) atoms. The van der Waals surface area contributed by atoms with E-state index in [2.05, 4.69) is 136 Å². The second-order valence-electron chi connectivity index (χ2n) is 12.5. The number of fused-ring (bicyclic) bond motifs is 6. The van der Waals surface area contributed by atoms with Gasteiger partial charge in [-0.1, -0.05) is 72.8 Å². The smallest absolute Gasteiger partial charge is 0.116 e. The zero-order chi connectivity index (χ0) is 33.0. The fraction of sp³-hybridized carbons (Fsp3) is 0. The van der Waals surface area contributed by atoms with Gasteiger partial charge in [0.1, 0.15) is 6.33 Å². The summed E-state index contributed by atoms with van der Waals surface area (Å²) in [5.41, 5.74) is 11.7. The Morgan fingerprint density at radius 3 is 1.54 bits per heavy atom. The molecule has 0 aliphatic carbocycles. The first kappa shape index (κ1) is 28.1. The maximum atomic E-state index is 5.06. The molecule has 0 aliphatic heterocycles. The molecule has 0 radical (unpaired) electrons. The Bertz CT molecular complexity index is 2940. The molecule has 0 bridgehead atoms. The van der Waals surface area contributed by atoms with Crippen LogP contribution in [0.2, 0.25) is 0 Å². The van der Waals surface area contributed by atoms with E-state index >= 15 is 0 Å². The summed E-state index contributed by atoms with van der Waals surface area (Å²) in [6.07, 6.45) is 5.11. The normalized spacial score (nSPS) is 11.6. The molecular formula is C44H26N6. The van der Waals surface area contributed by atoms with Crippen molar-refractivity contribution in [1.29, 1.82) is 0 Å². The Labute approximate surface area is 286 Å². The Hall–Kier alpha value is -6.92. The van der Waals surface area contributed by atoms with Crippen LogP contribution in [0.15, 0.2) is 158 Å². The minimum Gasteiger partial charge on any atom is -0.254 e. The lowest BCUT2D eigenvalue weighted by molar-refractivity contribution is 1.16. The molecule has 5 aromatic carbocycles. The van der Waals surface area contributed by atoms with E-state index in [4.69, 9.17) is 15.0 Å². The van der Waals surface area contributed by atoms with Gasteiger partial charge in [-0.25, -0.2) is 24.9 Å². The number of nitrogens with zero attached hydrogens (tertiary/aromatic N) is 6. The highest BCUT2D eigenvalue weighted by Gasteiger charge is 2.10.